The Morgan fingerprint density at radius 3 is 2.33 bits per heavy atom. The number of nitro benzene ring substituents is 1. The summed E-state index contributed by atoms with van der Waals surface area (Å²) in [7, 11) is 0. The first-order chi connectivity index (χ1) is 17.3. The van der Waals surface area contributed by atoms with Gasteiger partial charge in [0, 0.05) is 17.8 Å². The molecule has 0 spiro atoms. The minimum atomic E-state index is -0.810. The molecule has 1 aliphatic heterocycles. The van der Waals surface area contributed by atoms with Crippen molar-refractivity contribution in [1.82, 2.24) is 4.90 Å². The van der Waals surface area contributed by atoms with E-state index in [9.17, 15) is 29.3 Å². The monoisotopic (exact) mass is 488 g/mol. The third-order valence-electron chi connectivity index (χ3n) is 5.34. The number of fused-ring (bicyclic) bond motifs is 1. The number of benzene rings is 3. The number of ether oxygens (including phenoxy) is 1. The molecule has 3 aromatic carbocycles. The lowest BCUT2D eigenvalue weighted by molar-refractivity contribution is -0.384. The zero-order chi connectivity index (χ0) is 25.8. The van der Waals surface area contributed by atoms with E-state index in [2.05, 4.69) is 10.6 Å². The Morgan fingerprint density at radius 1 is 0.944 bits per heavy atom. The summed E-state index contributed by atoms with van der Waals surface area (Å²) in [6.07, 6.45) is 0. The minimum absolute atomic E-state index is 0.0199. The minimum Gasteiger partial charge on any atom is -0.494 e. The maximum Gasteiger partial charge on any atom is 0.270 e. The Labute approximate surface area is 204 Å². The van der Waals surface area contributed by atoms with Gasteiger partial charge in [0.25, 0.3) is 23.4 Å². The van der Waals surface area contributed by atoms with Gasteiger partial charge in [-0.2, -0.15) is 0 Å². The van der Waals surface area contributed by atoms with Gasteiger partial charge in [0.05, 0.1) is 33.9 Å². The zero-order valence-electron chi connectivity index (χ0n) is 19.0. The van der Waals surface area contributed by atoms with Crippen LogP contribution < -0.4 is 15.4 Å². The molecule has 0 unspecified atom stereocenters. The number of carbonyl (C=O) groups is 4. The highest BCUT2D eigenvalue weighted by Gasteiger charge is 2.38. The van der Waals surface area contributed by atoms with E-state index < -0.39 is 35.1 Å². The first-order valence-electron chi connectivity index (χ1n) is 10.9. The summed E-state index contributed by atoms with van der Waals surface area (Å²) in [5, 5.41) is 16.3. The SMILES string of the molecule is CCOc1ccc(NC(=O)c2ccccc2NC(=O)CN2C(=O)c3ccc([N+](=O)[O-])cc3C2=O)cc1. The summed E-state index contributed by atoms with van der Waals surface area (Å²) in [6.45, 7) is 1.75. The van der Waals surface area contributed by atoms with Crippen molar-refractivity contribution in [3.8, 4) is 5.75 Å². The summed E-state index contributed by atoms with van der Waals surface area (Å²) in [4.78, 5) is 61.8. The van der Waals surface area contributed by atoms with E-state index in [0.717, 1.165) is 12.1 Å². The molecule has 0 fully saturated rings. The number of hydrogen-bond acceptors (Lipinski definition) is 7. The van der Waals surface area contributed by atoms with Gasteiger partial charge in [-0.15, -0.1) is 0 Å². The summed E-state index contributed by atoms with van der Waals surface area (Å²) in [5.74, 6) is -2.09. The number of para-hydroxylation sites is 1. The second-order valence-electron chi connectivity index (χ2n) is 7.69. The van der Waals surface area contributed by atoms with Crippen LogP contribution in [-0.4, -0.2) is 46.6 Å². The lowest BCUT2D eigenvalue weighted by Crippen LogP contribution is -2.37. The molecule has 1 heterocycles. The van der Waals surface area contributed by atoms with Crippen LogP contribution in [0.2, 0.25) is 0 Å². The molecule has 4 rings (SSSR count). The van der Waals surface area contributed by atoms with Gasteiger partial charge in [-0.1, -0.05) is 12.1 Å². The molecule has 4 amide bonds. The summed E-state index contributed by atoms with van der Waals surface area (Å²) in [6, 6.07) is 16.4. The highest BCUT2D eigenvalue weighted by Crippen LogP contribution is 2.27. The molecule has 0 saturated heterocycles. The molecule has 0 radical (unpaired) electrons. The Balaban J connectivity index is 1.45. The number of rotatable bonds is 8. The first kappa shape index (κ1) is 24.1. The highest BCUT2D eigenvalue weighted by atomic mass is 16.6. The van der Waals surface area contributed by atoms with Crippen LogP contribution in [0.15, 0.2) is 66.7 Å². The maximum atomic E-state index is 12.8. The topological polar surface area (TPSA) is 148 Å². The van der Waals surface area contributed by atoms with Crippen LogP contribution in [0.1, 0.15) is 38.0 Å². The molecule has 0 aromatic heterocycles. The van der Waals surface area contributed by atoms with Crippen molar-refractivity contribution in [2.45, 2.75) is 6.92 Å². The molecular formula is C25H20N4O7. The van der Waals surface area contributed by atoms with Gasteiger partial charge >= 0.3 is 0 Å². The van der Waals surface area contributed by atoms with Gasteiger partial charge in [0.2, 0.25) is 5.91 Å². The van der Waals surface area contributed by atoms with Crippen molar-refractivity contribution in [1.29, 1.82) is 0 Å². The standard InChI is InChI=1S/C25H20N4O7/c1-2-36-17-10-7-15(8-11-17)26-23(31)19-5-3-4-6-21(19)27-22(30)14-28-24(32)18-12-9-16(29(34)35)13-20(18)25(28)33/h3-13H,2,14H2,1H3,(H,26,31)(H,27,30). The number of amides is 4. The van der Waals surface area contributed by atoms with Crippen molar-refractivity contribution >= 4 is 40.7 Å². The predicted molar refractivity (Wildman–Crippen MR) is 129 cm³/mol. The van der Waals surface area contributed by atoms with Crippen molar-refractivity contribution in [3.05, 3.63) is 93.5 Å². The quantitative estimate of drug-likeness (QED) is 0.280. The van der Waals surface area contributed by atoms with E-state index in [-0.39, 0.29) is 28.1 Å². The van der Waals surface area contributed by atoms with Crippen LogP contribution in [0, 0.1) is 10.1 Å². The van der Waals surface area contributed by atoms with Crippen LogP contribution in [0.3, 0.4) is 0 Å². The smallest absolute Gasteiger partial charge is 0.270 e. The van der Waals surface area contributed by atoms with E-state index in [1.165, 1.54) is 18.2 Å². The second kappa shape index (κ2) is 10.1. The molecule has 0 saturated carbocycles. The highest BCUT2D eigenvalue weighted by molar-refractivity contribution is 6.23. The van der Waals surface area contributed by atoms with Gasteiger partial charge in [0.1, 0.15) is 12.3 Å². The fraction of sp³-hybridized carbons (Fsp3) is 0.120. The molecule has 182 valence electrons. The number of nitrogens with zero attached hydrogens (tertiary/aromatic N) is 2. The Bertz CT molecular complexity index is 1390. The molecule has 2 N–H and O–H groups in total. The van der Waals surface area contributed by atoms with Gasteiger partial charge in [0.15, 0.2) is 0 Å². The number of nitro groups is 1. The first-order valence-corrected chi connectivity index (χ1v) is 10.9. The maximum absolute atomic E-state index is 12.8. The number of nitrogens with one attached hydrogen (secondary N) is 2. The lowest BCUT2D eigenvalue weighted by Gasteiger charge is -2.15. The molecule has 36 heavy (non-hydrogen) atoms. The lowest BCUT2D eigenvalue weighted by atomic mass is 10.1. The van der Waals surface area contributed by atoms with Crippen LogP contribution in [0.5, 0.6) is 5.75 Å². The van der Waals surface area contributed by atoms with E-state index in [0.29, 0.717) is 22.9 Å². The normalized spacial score (nSPS) is 12.2. The number of hydrogen-bond donors (Lipinski definition) is 2. The number of carbonyl (C=O) groups excluding carboxylic acids is 4. The molecule has 0 bridgehead atoms. The van der Waals surface area contributed by atoms with Crippen LogP contribution in [0.4, 0.5) is 17.1 Å². The molecule has 0 atom stereocenters. The summed E-state index contributed by atoms with van der Waals surface area (Å²) < 4.78 is 5.38. The van der Waals surface area contributed by atoms with Crippen molar-refractivity contribution in [3.63, 3.8) is 0 Å². The fourth-order valence-electron chi connectivity index (χ4n) is 3.66. The van der Waals surface area contributed by atoms with E-state index in [1.54, 1.807) is 36.4 Å². The van der Waals surface area contributed by atoms with Crippen molar-refractivity contribution in [2.24, 2.45) is 0 Å². The van der Waals surface area contributed by atoms with Crippen LogP contribution in [0.25, 0.3) is 0 Å². The van der Waals surface area contributed by atoms with E-state index >= 15 is 0 Å². The van der Waals surface area contributed by atoms with Crippen LogP contribution >= 0.6 is 0 Å². The third kappa shape index (κ3) is 4.89. The van der Waals surface area contributed by atoms with Gasteiger partial charge in [-0.05, 0) is 49.4 Å². The van der Waals surface area contributed by atoms with E-state index in [4.69, 9.17) is 4.74 Å². The summed E-state index contributed by atoms with van der Waals surface area (Å²) in [5.41, 5.74) is 0.361. The van der Waals surface area contributed by atoms with Gasteiger partial charge in [-0.3, -0.25) is 34.2 Å². The largest absolute Gasteiger partial charge is 0.494 e. The molecule has 1 aliphatic rings. The number of anilines is 2. The second-order valence-corrected chi connectivity index (χ2v) is 7.69. The number of imide groups is 1. The average Bonchev–Trinajstić information content (AvgIpc) is 3.10. The van der Waals surface area contributed by atoms with Crippen molar-refractivity contribution in [2.75, 3.05) is 23.8 Å². The fourth-order valence-corrected chi connectivity index (χ4v) is 3.66. The predicted octanol–water partition coefficient (Wildman–Crippen LogP) is 3.48. The molecular weight excluding hydrogens is 468 g/mol. The van der Waals surface area contributed by atoms with Gasteiger partial charge in [-0.25, -0.2) is 0 Å². The Kier molecular flexibility index (Phi) is 6.72. The Morgan fingerprint density at radius 2 is 1.64 bits per heavy atom. The molecule has 11 nitrogen and oxygen atoms in total. The molecule has 11 heteroatoms. The van der Waals surface area contributed by atoms with Crippen molar-refractivity contribution < 1.29 is 28.8 Å². The third-order valence-corrected chi connectivity index (χ3v) is 5.34. The average molecular weight is 488 g/mol. The molecule has 3 aromatic rings. The van der Waals surface area contributed by atoms with Crippen LogP contribution in [-0.2, 0) is 4.79 Å². The molecule has 0 aliphatic carbocycles. The number of non-ortho nitro benzene ring substituents is 1. The van der Waals surface area contributed by atoms with Gasteiger partial charge < -0.3 is 15.4 Å². The Hall–Kier alpha value is -5.06. The van der Waals surface area contributed by atoms with E-state index in [1.807, 2.05) is 6.92 Å². The zero-order valence-corrected chi connectivity index (χ0v) is 19.0. The summed E-state index contributed by atoms with van der Waals surface area (Å²) >= 11 is 0.